The van der Waals surface area contributed by atoms with Gasteiger partial charge >= 0.3 is 5.97 Å². The van der Waals surface area contributed by atoms with Crippen molar-refractivity contribution in [1.82, 2.24) is 29.0 Å². The van der Waals surface area contributed by atoms with E-state index in [1.807, 2.05) is 55.0 Å². The number of likely N-dealkylation sites (tertiary alicyclic amines) is 1. The number of piperidine rings is 1. The van der Waals surface area contributed by atoms with Crippen LogP contribution in [-0.2, 0) is 31.0 Å². The van der Waals surface area contributed by atoms with Crippen molar-refractivity contribution in [3.05, 3.63) is 107 Å². The Morgan fingerprint density at radius 2 is 1.96 bits per heavy atom. The molecule has 1 fully saturated rings. The summed E-state index contributed by atoms with van der Waals surface area (Å²) < 4.78 is 30.4. The summed E-state index contributed by atoms with van der Waals surface area (Å²) in [4.78, 5) is 27.8. The number of carbonyl (C=O) groups is 1. The van der Waals surface area contributed by atoms with Crippen LogP contribution in [0.4, 0.5) is 4.39 Å². The van der Waals surface area contributed by atoms with Crippen molar-refractivity contribution in [2.24, 2.45) is 0 Å². The third-order valence-electron chi connectivity index (χ3n) is 8.43. The second-order valence-electron chi connectivity index (χ2n) is 11.8. The molecule has 1 saturated heterocycles. The minimum atomic E-state index is -1.01. The molecule has 0 atom stereocenters. The molecule has 11 nitrogen and oxygen atoms in total. The quantitative estimate of drug-likeness (QED) is 0.166. The Morgan fingerprint density at radius 3 is 2.71 bits per heavy atom. The van der Waals surface area contributed by atoms with Crippen LogP contribution in [0.25, 0.3) is 16.7 Å². The molecule has 0 radical (unpaired) electrons. The molecule has 0 amide bonds. The van der Waals surface area contributed by atoms with Crippen LogP contribution in [0.2, 0.25) is 0 Å². The van der Waals surface area contributed by atoms with Gasteiger partial charge in [0.25, 0.3) is 0 Å². The first-order valence-electron chi connectivity index (χ1n) is 15.9. The van der Waals surface area contributed by atoms with Gasteiger partial charge in [0.15, 0.2) is 17.2 Å². The molecule has 4 heterocycles. The van der Waals surface area contributed by atoms with E-state index >= 15 is 0 Å². The Kier molecular flexibility index (Phi) is 9.78. The molecule has 0 aliphatic carbocycles. The second kappa shape index (κ2) is 14.5. The number of rotatable bonds is 12. The van der Waals surface area contributed by atoms with E-state index in [0.29, 0.717) is 30.0 Å². The molecule has 0 spiro atoms. The third-order valence-corrected chi connectivity index (χ3v) is 8.43. The van der Waals surface area contributed by atoms with Gasteiger partial charge in [-0.25, -0.2) is 24.1 Å². The van der Waals surface area contributed by atoms with Crippen LogP contribution in [0.1, 0.15) is 55.0 Å². The molecule has 5 aromatic rings. The lowest BCUT2D eigenvalue weighted by atomic mass is 10.1. The number of imidazole rings is 2. The van der Waals surface area contributed by atoms with Crippen molar-refractivity contribution >= 4 is 22.7 Å². The summed E-state index contributed by atoms with van der Waals surface area (Å²) in [5.74, 6) is 0.127. The van der Waals surface area contributed by atoms with Crippen LogP contribution in [0.5, 0.6) is 11.5 Å². The molecule has 0 saturated carbocycles. The van der Waals surface area contributed by atoms with Crippen molar-refractivity contribution < 1.29 is 23.8 Å². The summed E-state index contributed by atoms with van der Waals surface area (Å²) in [6.07, 6.45) is 6.54. The van der Waals surface area contributed by atoms with Crippen molar-refractivity contribution in [2.75, 3.05) is 13.1 Å². The number of aliphatic carboxylic acids is 1. The van der Waals surface area contributed by atoms with Crippen LogP contribution in [0.3, 0.4) is 0 Å². The first kappa shape index (κ1) is 32.4. The van der Waals surface area contributed by atoms with Gasteiger partial charge < -0.3 is 23.7 Å². The van der Waals surface area contributed by atoms with Crippen LogP contribution in [-0.4, -0.2) is 59.3 Å². The van der Waals surface area contributed by atoms with Crippen LogP contribution >= 0.6 is 0 Å². The summed E-state index contributed by atoms with van der Waals surface area (Å²) >= 11 is 0. The molecular weight excluding hydrogens is 613 g/mol. The van der Waals surface area contributed by atoms with E-state index in [4.69, 9.17) is 24.7 Å². The molecule has 1 aliphatic heterocycles. The van der Waals surface area contributed by atoms with E-state index in [1.165, 1.54) is 12.1 Å². The van der Waals surface area contributed by atoms with Gasteiger partial charge in [0.2, 0.25) is 0 Å². The zero-order valence-corrected chi connectivity index (χ0v) is 26.8. The smallest absolute Gasteiger partial charge is 0.328 e. The van der Waals surface area contributed by atoms with Crippen molar-refractivity contribution in [1.29, 1.82) is 5.26 Å². The Bertz CT molecular complexity index is 2000. The van der Waals surface area contributed by atoms with Gasteiger partial charge in [-0.15, -0.1) is 0 Å². The summed E-state index contributed by atoms with van der Waals surface area (Å²) in [5, 5.41) is 18.2. The highest BCUT2D eigenvalue weighted by atomic mass is 19.1. The molecular formula is C36H36FN7O4. The maximum absolute atomic E-state index is 14.2. The number of aromatic nitrogens is 5. The Balaban J connectivity index is 1.12. The fourth-order valence-electron chi connectivity index (χ4n) is 5.88. The van der Waals surface area contributed by atoms with Crippen LogP contribution in [0, 0.1) is 17.1 Å². The number of carboxylic acid groups (broad SMARTS) is 1. The lowest BCUT2D eigenvalue weighted by molar-refractivity contribution is -0.131. The van der Waals surface area contributed by atoms with Gasteiger partial charge in [-0.05, 0) is 80.3 Å². The standard InChI is InChI=1S/C36H36FN7O4/c1-3-43-23-39-19-27(43)20-44-34(40-32-9-8-31(41-36(32)44)24(2)15-35(45)46)21-42-13-11-28(12-14-42)48-29-6-4-5-26(16-29)22-47-33-10-7-25(18-38)17-30(33)37/h4-10,15-17,19,23,28H,3,11-14,20-22H2,1-2H3,(H,45,46)/b24-15+. The molecule has 0 bridgehead atoms. The van der Waals surface area contributed by atoms with E-state index in [0.717, 1.165) is 73.0 Å². The maximum atomic E-state index is 14.2. The second-order valence-corrected chi connectivity index (χ2v) is 11.8. The number of ether oxygens (including phenoxy) is 2. The van der Waals surface area contributed by atoms with E-state index in [2.05, 4.69) is 25.9 Å². The minimum Gasteiger partial charge on any atom is -0.490 e. The molecule has 1 N–H and O–H groups in total. The number of aryl methyl sites for hydroxylation is 1. The van der Waals surface area contributed by atoms with Crippen LogP contribution in [0.15, 0.2) is 73.2 Å². The molecule has 0 unspecified atom stereocenters. The Labute approximate surface area is 277 Å². The molecule has 1 aliphatic rings. The average molecular weight is 650 g/mol. The Hall–Kier alpha value is -5.54. The van der Waals surface area contributed by atoms with Crippen molar-refractivity contribution in [3.8, 4) is 17.6 Å². The molecule has 12 heteroatoms. The van der Waals surface area contributed by atoms with E-state index in [9.17, 15) is 14.3 Å². The van der Waals surface area contributed by atoms with E-state index in [1.54, 1.807) is 6.92 Å². The topological polar surface area (TPSA) is 131 Å². The number of fused-ring (bicyclic) bond motifs is 1. The zero-order chi connectivity index (χ0) is 33.6. The predicted molar refractivity (Wildman–Crippen MR) is 177 cm³/mol. The van der Waals surface area contributed by atoms with E-state index < -0.39 is 11.8 Å². The molecule has 48 heavy (non-hydrogen) atoms. The summed E-state index contributed by atoms with van der Waals surface area (Å²) in [6.45, 7) is 7.58. The monoisotopic (exact) mass is 649 g/mol. The number of hydrogen-bond donors (Lipinski definition) is 1. The highest BCUT2D eigenvalue weighted by Gasteiger charge is 2.24. The first-order chi connectivity index (χ1) is 23.3. The van der Waals surface area contributed by atoms with Gasteiger partial charge in [-0.2, -0.15) is 5.26 Å². The molecule has 246 valence electrons. The zero-order valence-electron chi connectivity index (χ0n) is 26.8. The number of pyridine rings is 1. The van der Waals surface area contributed by atoms with Gasteiger partial charge in [-0.3, -0.25) is 4.90 Å². The lowest BCUT2D eigenvalue weighted by Gasteiger charge is -2.32. The first-order valence-corrected chi connectivity index (χ1v) is 15.9. The fourth-order valence-corrected chi connectivity index (χ4v) is 5.88. The highest BCUT2D eigenvalue weighted by molar-refractivity contribution is 5.89. The van der Waals surface area contributed by atoms with Gasteiger partial charge in [-0.1, -0.05) is 12.1 Å². The number of nitriles is 1. The molecule has 2 aromatic carbocycles. The number of allylic oxidation sites excluding steroid dienone is 1. The summed E-state index contributed by atoms with van der Waals surface area (Å²) in [7, 11) is 0. The highest BCUT2D eigenvalue weighted by Crippen LogP contribution is 2.25. The van der Waals surface area contributed by atoms with Crippen LogP contribution < -0.4 is 9.47 Å². The average Bonchev–Trinajstić information content (AvgIpc) is 3.68. The molecule has 3 aromatic heterocycles. The van der Waals surface area contributed by atoms with Gasteiger partial charge in [0, 0.05) is 31.9 Å². The van der Waals surface area contributed by atoms with Crippen molar-refractivity contribution in [2.45, 2.75) is 59.0 Å². The maximum Gasteiger partial charge on any atom is 0.328 e. The minimum absolute atomic E-state index is 0.0411. The number of carboxylic acids is 1. The summed E-state index contributed by atoms with van der Waals surface area (Å²) in [6, 6.07) is 17.4. The third kappa shape index (κ3) is 7.53. The van der Waals surface area contributed by atoms with Crippen molar-refractivity contribution in [3.63, 3.8) is 0 Å². The predicted octanol–water partition coefficient (Wildman–Crippen LogP) is 5.82. The normalized spacial score (nSPS) is 14.2. The van der Waals surface area contributed by atoms with Gasteiger partial charge in [0.1, 0.15) is 29.8 Å². The lowest BCUT2D eigenvalue weighted by Crippen LogP contribution is -2.38. The number of hydrogen-bond acceptors (Lipinski definition) is 8. The number of halogens is 1. The number of benzene rings is 2. The number of nitrogens with zero attached hydrogens (tertiary/aromatic N) is 7. The summed E-state index contributed by atoms with van der Waals surface area (Å²) in [5.41, 5.74) is 4.74. The van der Waals surface area contributed by atoms with E-state index in [-0.39, 0.29) is 24.0 Å². The van der Waals surface area contributed by atoms with Gasteiger partial charge in [0.05, 0.1) is 42.4 Å². The molecule has 6 rings (SSSR count). The fraction of sp³-hybridized carbons (Fsp3) is 0.306. The largest absolute Gasteiger partial charge is 0.490 e. The SMILES string of the molecule is CCn1cncc1Cn1c(CN2CCC(Oc3cccc(COc4ccc(C#N)cc4F)c3)CC2)nc2ccc(/C(C)=C/C(=O)O)nc21. The Morgan fingerprint density at radius 1 is 1.12 bits per heavy atom.